The quantitative estimate of drug-likeness (QED) is 0.459. The lowest BCUT2D eigenvalue weighted by atomic mass is 9.71. The van der Waals surface area contributed by atoms with Crippen LogP contribution in [-0.4, -0.2) is 0 Å². The zero-order valence-electron chi connectivity index (χ0n) is 15.6. The summed E-state index contributed by atoms with van der Waals surface area (Å²) in [5.74, 6) is 3.48. The van der Waals surface area contributed by atoms with Crippen LogP contribution in [0, 0.1) is 29.1 Å². The highest BCUT2D eigenvalue weighted by Crippen LogP contribution is 2.38. The summed E-state index contributed by atoms with van der Waals surface area (Å²) in [6.07, 6.45) is 5.34. The normalized spacial score (nSPS) is 12.3. The number of rotatable bonds is 7. The zero-order valence-corrected chi connectivity index (χ0v) is 15.6. The topological polar surface area (TPSA) is 0 Å². The van der Waals surface area contributed by atoms with E-state index in [0.717, 1.165) is 23.7 Å². The van der Waals surface area contributed by atoms with E-state index < -0.39 is 0 Å². The third kappa shape index (κ3) is 8.00. The van der Waals surface area contributed by atoms with Crippen LogP contribution >= 0.6 is 0 Å². The molecule has 0 spiro atoms. The second-order valence-corrected chi connectivity index (χ2v) is 7.22. The van der Waals surface area contributed by atoms with E-state index in [1.807, 2.05) is 0 Å². The molecule has 0 heterocycles. The maximum absolute atomic E-state index is 2.44. The summed E-state index contributed by atoms with van der Waals surface area (Å²) in [5.41, 5.74) is 0.601. The van der Waals surface area contributed by atoms with Crippen LogP contribution in [0.4, 0.5) is 0 Å². The fourth-order valence-electron chi connectivity index (χ4n) is 2.87. The van der Waals surface area contributed by atoms with Crippen LogP contribution in [0.3, 0.4) is 0 Å². The lowest BCUT2D eigenvalue weighted by molar-refractivity contribution is 0.158. The Morgan fingerprint density at radius 1 is 0.684 bits per heavy atom. The van der Waals surface area contributed by atoms with E-state index in [0.29, 0.717) is 5.41 Å². The molecule has 0 fully saturated rings. The van der Waals surface area contributed by atoms with Gasteiger partial charge in [-0.05, 0) is 29.1 Å². The third-order valence-electron chi connectivity index (χ3n) is 5.69. The fraction of sp³-hybridized carbons (Fsp3) is 1.00. The molecule has 0 N–H and O–H groups in total. The molecule has 0 aromatic heterocycles. The molecule has 0 saturated carbocycles. The highest BCUT2D eigenvalue weighted by atomic mass is 14.3. The second kappa shape index (κ2) is 10.7. The Bertz CT molecular complexity index is 174. The van der Waals surface area contributed by atoms with E-state index in [1.165, 1.54) is 25.7 Å². The van der Waals surface area contributed by atoms with E-state index in [9.17, 15) is 0 Å². The Balaban J connectivity index is 0. The molecular formula is C19H42. The van der Waals surface area contributed by atoms with Gasteiger partial charge in [-0.3, -0.25) is 0 Å². The Kier molecular flexibility index (Phi) is 12.0. The summed E-state index contributed by atoms with van der Waals surface area (Å²) in [6.45, 7) is 23.2. The minimum absolute atomic E-state index is 0.601. The van der Waals surface area contributed by atoms with E-state index in [-0.39, 0.29) is 0 Å². The second-order valence-electron chi connectivity index (χ2n) is 7.22. The summed E-state index contributed by atoms with van der Waals surface area (Å²) in [5, 5.41) is 0. The van der Waals surface area contributed by atoms with Gasteiger partial charge in [0.25, 0.3) is 0 Å². The van der Waals surface area contributed by atoms with Gasteiger partial charge in [0.2, 0.25) is 0 Å². The maximum atomic E-state index is 2.44. The molecule has 118 valence electrons. The largest absolute Gasteiger partial charge is 0.0651 e. The molecule has 19 heavy (non-hydrogen) atoms. The number of hydrogen-bond acceptors (Lipinski definition) is 0. The summed E-state index contributed by atoms with van der Waals surface area (Å²) in [4.78, 5) is 0. The van der Waals surface area contributed by atoms with Gasteiger partial charge in [-0.2, -0.15) is 0 Å². The van der Waals surface area contributed by atoms with Crippen molar-refractivity contribution in [2.24, 2.45) is 29.1 Å². The average molecular weight is 271 g/mol. The van der Waals surface area contributed by atoms with Crippen molar-refractivity contribution >= 4 is 0 Å². The van der Waals surface area contributed by atoms with Crippen LogP contribution in [0.5, 0.6) is 0 Å². The summed E-state index contributed by atoms with van der Waals surface area (Å²) in [6, 6.07) is 0. The minimum atomic E-state index is 0.601. The predicted octanol–water partition coefficient (Wildman–Crippen LogP) is 7.18. The molecule has 0 bridgehead atoms. The van der Waals surface area contributed by atoms with Crippen LogP contribution in [0.1, 0.15) is 94.9 Å². The Morgan fingerprint density at radius 3 is 1.05 bits per heavy atom. The van der Waals surface area contributed by atoms with Crippen molar-refractivity contribution < 1.29 is 0 Å². The van der Waals surface area contributed by atoms with E-state index in [1.54, 1.807) is 0 Å². The molecule has 0 heteroatoms. The van der Waals surface area contributed by atoms with Gasteiger partial charge < -0.3 is 0 Å². The molecule has 0 aliphatic rings. The standard InChI is InChI=1S/C11H24.C8H18/c1-6-10(7-2)11(5,8-3)9-4;1-6(2)8(5)7(3)4/h10H,6-9H2,1-5H3;6-8H,1-5H3. The Labute approximate surface area is 124 Å². The molecule has 0 rings (SSSR count). The first-order valence-corrected chi connectivity index (χ1v) is 8.69. The summed E-state index contributed by atoms with van der Waals surface area (Å²) < 4.78 is 0. The van der Waals surface area contributed by atoms with E-state index >= 15 is 0 Å². The van der Waals surface area contributed by atoms with Crippen molar-refractivity contribution in [1.82, 2.24) is 0 Å². The van der Waals surface area contributed by atoms with Crippen molar-refractivity contribution in [1.29, 1.82) is 0 Å². The molecule has 0 aromatic carbocycles. The molecule has 0 aliphatic carbocycles. The molecule has 0 saturated heterocycles. The van der Waals surface area contributed by atoms with E-state index in [2.05, 4.69) is 69.2 Å². The average Bonchev–Trinajstić information content (AvgIpc) is 2.39. The molecule has 0 radical (unpaired) electrons. The van der Waals surface area contributed by atoms with Gasteiger partial charge in [0.1, 0.15) is 0 Å². The van der Waals surface area contributed by atoms with Crippen LogP contribution in [0.2, 0.25) is 0 Å². The first-order chi connectivity index (χ1) is 8.69. The molecule has 0 aromatic rings. The first kappa shape index (κ1) is 21.3. The highest BCUT2D eigenvalue weighted by molar-refractivity contribution is 4.78. The van der Waals surface area contributed by atoms with Crippen LogP contribution < -0.4 is 0 Å². The highest BCUT2D eigenvalue weighted by Gasteiger charge is 2.27. The van der Waals surface area contributed by atoms with Gasteiger partial charge in [-0.1, -0.05) is 94.9 Å². The van der Waals surface area contributed by atoms with Crippen molar-refractivity contribution in [2.45, 2.75) is 94.9 Å². The van der Waals surface area contributed by atoms with Gasteiger partial charge in [0.05, 0.1) is 0 Å². The fourth-order valence-corrected chi connectivity index (χ4v) is 2.87. The predicted molar refractivity (Wildman–Crippen MR) is 91.6 cm³/mol. The summed E-state index contributed by atoms with van der Waals surface area (Å²) in [7, 11) is 0. The molecule has 0 amide bonds. The number of hydrogen-bond donors (Lipinski definition) is 0. The maximum Gasteiger partial charge on any atom is -0.0303 e. The zero-order chi connectivity index (χ0) is 15.6. The van der Waals surface area contributed by atoms with Crippen LogP contribution in [-0.2, 0) is 0 Å². The van der Waals surface area contributed by atoms with Crippen molar-refractivity contribution in [2.75, 3.05) is 0 Å². The Morgan fingerprint density at radius 2 is 1.00 bits per heavy atom. The smallest absolute Gasteiger partial charge is 0.0303 e. The van der Waals surface area contributed by atoms with Crippen molar-refractivity contribution in [3.8, 4) is 0 Å². The minimum Gasteiger partial charge on any atom is -0.0651 e. The van der Waals surface area contributed by atoms with Crippen LogP contribution in [0.25, 0.3) is 0 Å². The third-order valence-corrected chi connectivity index (χ3v) is 5.69. The first-order valence-electron chi connectivity index (χ1n) is 8.69. The molecule has 0 nitrogen and oxygen atoms in total. The van der Waals surface area contributed by atoms with Crippen LogP contribution in [0.15, 0.2) is 0 Å². The molecule has 0 aliphatic heterocycles. The molecular weight excluding hydrogens is 228 g/mol. The van der Waals surface area contributed by atoms with Gasteiger partial charge in [-0.15, -0.1) is 0 Å². The van der Waals surface area contributed by atoms with Gasteiger partial charge in [0.15, 0.2) is 0 Å². The van der Waals surface area contributed by atoms with Gasteiger partial charge in [0, 0.05) is 0 Å². The van der Waals surface area contributed by atoms with Crippen molar-refractivity contribution in [3.05, 3.63) is 0 Å². The SMILES string of the molecule is CC(C)C(C)C(C)C.CCC(CC)C(C)(CC)CC. The van der Waals surface area contributed by atoms with E-state index in [4.69, 9.17) is 0 Å². The molecule has 0 unspecified atom stereocenters. The summed E-state index contributed by atoms with van der Waals surface area (Å²) >= 11 is 0. The Hall–Kier alpha value is 0. The van der Waals surface area contributed by atoms with Crippen molar-refractivity contribution in [3.63, 3.8) is 0 Å². The lowest BCUT2D eigenvalue weighted by Crippen LogP contribution is -2.24. The van der Waals surface area contributed by atoms with Gasteiger partial charge in [-0.25, -0.2) is 0 Å². The van der Waals surface area contributed by atoms with Gasteiger partial charge >= 0.3 is 0 Å². The lowest BCUT2D eigenvalue weighted by Gasteiger charge is -2.35. The monoisotopic (exact) mass is 270 g/mol. The molecule has 0 atom stereocenters.